The van der Waals surface area contributed by atoms with E-state index < -0.39 is 21.5 Å². The van der Waals surface area contributed by atoms with Gasteiger partial charge in [-0.3, -0.25) is 9.78 Å². The quantitative estimate of drug-likeness (QED) is 0.258. The highest BCUT2D eigenvalue weighted by molar-refractivity contribution is 7.91. The number of fused-ring (bicyclic) bond motifs is 1. The summed E-state index contributed by atoms with van der Waals surface area (Å²) in [5.74, 6) is 0.0342. The van der Waals surface area contributed by atoms with Crippen LogP contribution in [0.2, 0.25) is 0 Å². The van der Waals surface area contributed by atoms with E-state index in [0.717, 1.165) is 22.1 Å². The Bertz CT molecular complexity index is 1700. The molecule has 0 fully saturated rings. The van der Waals surface area contributed by atoms with Crippen LogP contribution in [0, 0.1) is 0 Å². The average molecular weight is 576 g/mol. The lowest BCUT2D eigenvalue weighted by Gasteiger charge is -2.19. The van der Waals surface area contributed by atoms with Crippen LogP contribution in [0.5, 0.6) is 0 Å². The minimum absolute atomic E-state index is 0.0256. The molecule has 2 amide bonds. The SMILES string of the molecule is CCS(=O)(=O)c1ccc(-c2cc3cc(-c4cncc(C(=O)NCCNC(=O)OC(C)(C)C)c4)ccc3nc2N)cc1. The van der Waals surface area contributed by atoms with Gasteiger partial charge in [0.15, 0.2) is 9.84 Å². The van der Waals surface area contributed by atoms with E-state index >= 15 is 0 Å². The maximum atomic E-state index is 12.7. The number of aromatic nitrogens is 2. The van der Waals surface area contributed by atoms with Crippen LogP contribution < -0.4 is 16.4 Å². The Morgan fingerprint density at radius 1 is 0.902 bits per heavy atom. The molecule has 0 spiro atoms. The van der Waals surface area contributed by atoms with Crippen molar-refractivity contribution < 1.29 is 22.7 Å². The molecule has 2 heterocycles. The van der Waals surface area contributed by atoms with E-state index in [-0.39, 0.29) is 29.6 Å². The summed E-state index contributed by atoms with van der Waals surface area (Å²) in [6, 6.07) is 15.9. The second-order valence-corrected chi connectivity index (χ2v) is 12.7. The molecule has 2 aromatic carbocycles. The van der Waals surface area contributed by atoms with Crippen LogP contribution in [0.15, 0.2) is 71.9 Å². The molecule has 4 aromatic rings. The summed E-state index contributed by atoms with van der Waals surface area (Å²) in [4.78, 5) is 33.5. The first-order chi connectivity index (χ1) is 19.4. The number of ether oxygens (including phenoxy) is 1. The van der Waals surface area contributed by atoms with Crippen molar-refractivity contribution in [2.75, 3.05) is 24.6 Å². The molecule has 0 radical (unpaired) electrons. The molecule has 2 aromatic heterocycles. The average Bonchev–Trinajstić information content (AvgIpc) is 2.94. The Morgan fingerprint density at radius 2 is 1.59 bits per heavy atom. The fourth-order valence-electron chi connectivity index (χ4n) is 4.09. The zero-order valence-electron chi connectivity index (χ0n) is 23.4. The molecule has 4 N–H and O–H groups in total. The van der Waals surface area contributed by atoms with Gasteiger partial charge in [0.25, 0.3) is 5.91 Å². The lowest BCUT2D eigenvalue weighted by Crippen LogP contribution is -2.37. The molecule has 11 heteroatoms. The van der Waals surface area contributed by atoms with Gasteiger partial charge in [0.2, 0.25) is 0 Å². The zero-order chi connectivity index (χ0) is 29.8. The number of nitrogens with one attached hydrogen (secondary N) is 2. The third-order valence-electron chi connectivity index (χ3n) is 6.16. The molecule has 0 saturated carbocycles. The van der Waals surface area contributed by atoms with E-state index in [1.165, 1.54) is 6.20 Å². The molecule has 0 aliphatic rings. The molecular weight excluding hydrogens is 542 g/mol. The van der Waals surface area contributed by atoms with Crippen LogP contribution in [-0.2, 0) is 14.6 Å². The number of hydrogen-bond acceptors (Lipinski definition) is 8. The van der Waals surface area contributed by atoms with Crippen LogP contribution in [0.25, 0.3) is 33.2 Å². The van der Waals surface area contributed by atoms with Crippen molar-refractivity contribution in [3.05, 3.63) is 72.6 Å². The molecule has 0 atom stereocenters. The summed E-state index contributed by atoms with van der Waals surface area (Å²) in [5.41, 5.74) is 9.71. The van der Waals surface area contributed by atoms with Gasteiger partial charge in [-0.1, -0.05) is 25.1 Å². The van der Waals surface area contributed by atoms with Crippen LogP contribution in [0.4, 0.5) is 10.6 Å². The first-order valence-corrected chi connectivity index (χ1v) is 14.8. The molecule has 0 saturated heterocycles. The van der Waals surface area contributed by atoms with Crippen molar-refractivity contribution in [1.82, 2.24) is 20.6 Å². The third kappa shape index (κ3) is 7.37. The van der Waals surface area contributed by atoms with Crippen LogP contribution in [-0.4, -0.2) is 54.8 Å². The molecule has 0 aliphatic heterocycles. The number of sulfone groups is 1. The number of carbonyl (C=O) groups excluding carboxylic acids is 2. The van der Waals surface area contributed by atoms with Gasteiger partial charge in [0, 0.05) is 42.0 Å². The number of benzene rings is 2. The topological polar surface area (TPSA) is 153 Å². The Labute approximate surface area is 239 Å². The summed E-state index contributed by atoms with van der Waals surface area (Å²) in [6.45, 7) is 7.37. The van der Waals surface area contributed by atoms with E-state index in [0.29, 0.717) is 22.5 Å². The predicted octanol–water partition coefficient (Wildman–Crippen LogP) is 4.59. The molecule has 0 aliphatic carbocycles. The van der Waals surface area contributed by atoms with Gasteiger partial charge in [-0.25, -0.2) is 18.2 Å². The summed E-state index contributed by atoms with van der Waals surface area (Å²) in [7, 11) is -3.31. The second-order valence-electron chi connectivity index (χ2n) is 10.4. The van der Waals surface area contributed by atoms with E-state index in [2.05, 4.69) is 20.6 Å². The zero-order valence-corrected chi connectivity index (χ0v) is 24.2. The standard InChI is InChI=1S/C30H33N5O5S/c1-5-41(38,39)24-9-6-19(7-10-24)25-16-21-14-20(8-11-26(21)35-27(25)31)22-15-23(18-32-17-22)28(36)33-12-13-34-29(37)40-30(2,3)4/h6-11,14-18H,5,12-13H2,1-4H3,(H2,31,35)(H,33,36)(H,34,37). The highest BCUT2D eigenvalue weighted by Gasteiger charge is 2.16. The molecule has 0 unspecified atom stereocenters. The summed E-state index contributed by atoms with van der Waals surface area (Å²) < 4.78 is 29.5. The summed E-state index contributed by atoms with van der Waals surface area (Å²) in [6.07, 6.45) is 2.59. The number of hydrogen-bond donors (Lipinski definition) is 3. The summed E-state index contributed by atoms with van der Waals surface area (Å²) >= 11 is 0. The van der Waals surface area contributed by atoms with Crippen molar-refractivity contribution >= 4 is 38.6 Å². The minimum Gasteiger partial charge on any atom is -0.444 e. The fraction of sp³-hybridized carbons (Fsp3) is 0.267. The number of pyridine rings is 2. The van der Waals surface area contributed by atoms with Crippen molar-refractivity contribution in [3.63, 3.8) is 0 Å². The normalized spacial score (nSPS) is 11.7. The number of nitrogens with zero attached hydrogens (tertiary/aromatic N) is 2. The van der Waals surface area contributed by atoms with E-state index in [4.69, 9.17) is 10.5 Å². The van der Waals surface area contributed by atoms with Gasteiger partial charge in [-0.05, 0) is 68.3 Å². The molecule has 4 rings (SSSR count). The van der Waals surface area contributed by atoms with Gasteiger partial charge in [0.05, 0.1) is 21.7 Å². The van der Waals surface area contributed by atoms with Crippen molar-refractivity contribution in [1.29, 1.82) is 0 Å². The Hall–Kier alpha value is -4.51. The van der Waals surface area contributed by atoms with Crippen molar-refractivity contribution in [3.8, 4) is 22.3 Å². The maximum Gasteiger partial charge on any atom is 0.407 e. The van der Waals surface area contributed by atoms with Crippen molar-refractivity contribution in [2.24, 2.45) is 0 Å². The lowest BCUT2D eigenvalue weighted by atomic mass is 10.0. The van der Waals surface area contributed by atoms with E-state index in [1.807, 2.05) is 24.3 Å². The fourth-order valence-corrected chi connectivity index (χ4v) is 4.97. The Kier molecular flexibility index (Phi) is 8.57. The molecule has 214 valence electrons. The highest BCUT2D eigenvalue weighted by Crippen LogP contribution is 2.31. The lowest BCUT2D eigenvalue weighted by molar-refractivity contribution is 0.0526. The highest BCUT2D eigenvalue weighted by atomic mass is 32.2. The smallest absolute Gasteiger partial charge is 0.407 e. The number of alkyl carbamates (subject to hydrolysis) is 1. The number of nitrogens with two attached hydrogens (primary N) is 1. The van der Waals surface area contributed by atoms with Crippen LogP contribution >= 0.6 is 0 Å². The van der Waals surface area contributed by atoms with Crippen molar-refractivity contribution in [2.45, 2.75) is 38.2 Å². The number of rotatable bonds is 8. The Morgan fingerprint density at radius 3 is 2.27 bits per heavy atom. The van der Waals surface area contributed by atoms with Gasteiger partial charge in [-0.15, -0.1) is 0 Å². The first-order valence-electron chi connectivity index (χ1n) is 13.1. The van der Waals surface area contributed by atoms with Crippen LogP contribution in [0.1, 0.15) is 38.1 Å². The van der Waals surface area contributed by atoms with Gasteiger partial charge >= 0.3 is 6.09 Å². The van der Waals surface area contributed by atoms with Gasteiger partial charge < -0.3 is 21.1 Å². The van der Waals surface area contributed by atoms with E-state index in [9.17, 15) is 18.0 Å². The van der Waals surface area contributed by atoms with Gasteiger partial charge in [0.1, 0.15) is 11.4 Å². The molecule has 0 bridgehead atoms. The monoisotopic (exact) mass is 575 g/mol. The largest absolute Gasteiger partial charge is 0.444 e. The predicted molar refractivity (Wildman–Crippen MR) is 159 cm³/mol. The number of carbonyl (C=O) groups is 2. The summed E-state index contributed by atoms with van der Waals surface area (Å²) in [5, 5.41) is 6.18. The Balaban J connectivity index is 1.51. The molecule has 10 nitrogen and oxygen atoms in total. The first kappa shape index (κ1) is 29.5. The molecular formula is C30H33N5O5S. The van der Waals surface area contributed by atoms with Gasteiger partial charge in [-0.2, -0.15) is 0 Å². The number of anilines is 1. The molecule has 41 heavy (non-hydrogen) atoms. The minimum atomic E-state index is -3.31. The van der Waals surface area contributed by atoms with E-state index in [1.54, 1.807) is 64.2 Å². The number of nitrogen functional groups attached to an aromatic ring is 1. The van der Waals surface area contributed by atoms with Crippen LogP contribution in [0.3, 0.4) is 0 Å². The number of amides is 2. The second kappa shape index (κ2) is 11.9. The third-order valence-corrected chi connectivity index (χ3v) is 7.91. The maximum absolute atomic E-state index is 12.7.